The van der Waals surface area contributed by atoms with Crippen LogP contribution in [0.1, 0.15) is 31.3 Å². The summed E-state index contributed by atoms with van der Waals surface area (Å²) in [5.74, 6) is -0.523. The van der Waals surface area contributed by atoms with E-state index in [0.29, 0.717) is 0 Å². The summed E-state index contributed by atoms with van der Waals surface area (Å²) in [5, 5.41) is 5.13. The number of rotatable bonds is 6. The highest BCUT2D eigenvalue weighted by Gasteiger charge is 2.26. The minimum atomic E-state index is -0.857. The highest BCUT2D eigenvalue weighted by atomic mass is 32.1. The Balaban J connectivity index is 1.99. The lowest BCUT2D eigenvalue weighted by atomic mass is 10.2. The molecule has 0 aliphatic rings. The molecule has 2 rings (SSSR count). The molecule has 0 bridgehead atoms. The molecule has 0 radical (unpaired) electrons. The average Bonchev–Trinajstić information content (AvgIpc) is 3.04. The molecular formula is C18H22N2O4S. The van der Waals surface area contributed by atoms with E-state index >= 15 is 0 Å². The standard InChI is InChI=1S/C18H22N2O4S/c1-18(2,3)24-17(22)20-14(11-15-19-9-10-25-15)16(21)23-12-13-7-5-4-6-8-13/h4-10,14H,11-12H2,1-3H3,(H,20,22)/t14-/m0/s1. The number of carbonyl (C=O) groups is 2. The zero-order valence-electron chi connectivity index (χ0n) is 14.5. The van der Waals surface area contributed by atoms with Gasteiger partial charge in [-0.25, -0.2) is 14.6 Å². The van der Waals surface area contributed by atoms with Crippen molar-refractivity contribution in [2.75, 3.05) is 0 Å². The molecule has 25 heavy (non-hydrogen) atoms. The average molecular weight is 362 g/mol. The van der Waals surface area contributed by atoms with Crippen LogP contribution in [-0.2, 0) is 27.3 Å². The van der Waals surface area contributed by atoms with Gasteiger partial charge in [-0.1, -0.05) is 30.3 Å². The molecule has 1 aromatic heterocycles. The number of thiazole rings is 1. The predicted molar refractivity (Wildman–Crippen MR) is 95.2 cm³/mol. The van der Waals surface area contributed by atoms with E-state index in [-0.39, 0.29) is 13.0 Å². The molecule has 1 heterocycles. The monoisotopic (exact) mass is 362 g/mol. The Labute approximate surface area is 151 Å². The third kappa shape index (κ3) is 6.93. The number of ether oxygens (including phenoxy) is 2. The molecule has 1 atom stereocenters. The molecule has 1 N–H and O–H groups in total. The quantitative estimate of drug-likeness (QED) is 0.798. The molecule has 6 nitrogen and oxygen atoms in total. The molecule has 1 aromatic carbocycles. The van der Waals surface area contributed by atoms with Crippen LogP contribution in [0, 0.1) is 0 Å². The van der Waals surface area contributed by atoms with Gasteiger partial charge in [0.1, 0.15) is 18.2 Å². The second-order valence-corrected chi connectivity index (χ2v) is 7.40. The number of amides is 1. The summed E-state index contributed by atoms with van der Waals surface area (Å²) in [6.45, 7) is 5.42. The second-order valence-electron chi connectivity index (χ2n) is 6.42. The molecule has 0 spiro atoms. The van der Waals surface area contributed by atoms with Gasteiger partial charge in [0.2, 0.25) is 0 Å². The number of hydrogen-bond acceptors (Lipinski definition) is 6. The van der Waals surface area contributed by atoms with Gasteiger partial charge in [0, 0.05) is 18.0 Å². The molecule has 0 unspecified atom stereocenters. The van der Waals surface area contributed by atoms with Gasteiger partial charge in [0.15, 0.2) is 0 Å². The third-order valence-corrected chi connectivity index (χ3v) is 3.86. The number of nitrogens with zero attached hydrogens (tertiary/aromatic N) is 1. The minimum absolute atomic E-state index is 0.143. The summed E-state index contributed by atoms with van der Waals surface area (Å²) in [6, 6.07) is 8.50. The van der Waals surface area contributed by atoms with Gasteiger partial charge in [-0.3, -0.25) is 0 Å². The number of nitrogens with one attached hydrogen (secondary N) is 1. The van der Waals surface area contributed by atoms with Crippen molar-refractivity contribution in [1.82, 2.24) is 10.3 Å². The summed E-state index contributed by atoms with van der Waals surface area (Å²) in [4.78, 5) is 28.6. The summed E-state index contributed by atoms with van der Waals surface area (Å²) in [5.41, 5.74) is 0.227. The lowest BCUT2D eigenvalue weighted by molar-refractivity contribution is -0.147. The summed E-state index contributed by atoms with van der Waals surface area (Å²) in [7, 11) is 0. The number of esters is 1. The van der Waals surface area contributed by atoms with E-state index in [1.54, 1.807) is 27.0 Å². The van der Waals surface area contributed by atoms with E-state index in [9.17, 15) is 9.59 Å². The zero-order valence-corrected chi connectivity index (χ0v) is 15.3. The summed E-state index contributed by atoms with van der Waals surface area (Å²) >= 11 is 1.41. The maximum Gasteiger partial charge on any atom is 0.408 e. The summed E-state index contributed by atoms with van der Waals surface area (Å²) < 4.78 is 10.6. The van der Waals surface area contributed by atoms with Crippen LogP contribution in [0.4, 0.5) is 4.79 Å². The molecule has 0 aliphatic carbocycles. The fraction of sp³-hybridized carbons (Fsp3) is 0.389. The maximum absolute atomic E-state index is 12.4. The van der Waals surface area contributed by atoms with E-state index in [2.05, 4.69) is 10.3 Å². The topological polar surface area (TPSA) is 77.5 Å². The molecule has 7 heteroatoms. The molecule has 0 aliphatic heterocycles. The van der Waals surface area contributed by atoms with Crippen LogP contribution in [0.3, 0.4) is 0 Å². The Kier molecular flexibility index (Phi) is 6.52. The number of hydrogen-bond donors (Lipinski definition) is 1. The van der Waals surface area contributed by atoms with Gasteiger partial charge in [-0.15, -0.1) is 11.3 Å². The molecule has 0 fully saturated rings. The molecular weight excluding hydrogens is 340 g/mol. The number of alkyl carbamates (subject to hydrolysis) is 1. The van der Waals surface area contributed by atoms with Gasteiger partial charge < -0.3 is 14.8 Å². The van der Waals surface area contributed by atoms with Gasteiger partial charge in [-0.2, -0.15) is 0 Å². The Morgan fingerprint density at radius 2 is 1.96 bits per heavy atom. The minimum Gasteiger partial charge on any atom is -0.459 e. The predicted octanol–water partition coefficient (Wildman–Crippen LogP) is 3.32. The van der Waals surface area contributed by atoms with E-state index in [4.69, 9.17) is 9.47 Å². The first-order valence-corrected chi connectivity index (χ1v) is 8.80. The van der Waals surface area contributed by atoms with Crippen molar-refractivity contribution >= 4 is 23.4 Å². The largest absolute Gasteiger partial charge is 0.459 e. The van der Waals surface area contributed by atoms with Crippen LogP contribution in [0.15, 0.2) is 41.9 Å². The number of aromatic nitrogens is 1. The van der Waals surface area contributed by atoms with E-state index in [1.165, 1.54) is 11.3 Å². The maximum atomic E-state index is 12.4. The molecule has 2 aromatic rings. The van der Waals surface area contributed by atoms with Gasteiger partial charge in [0.05, 0.1) is 5.01 Å². The van der Waals surface area contributed by atoms with Crippen molar-refractivity contribution in [3.05, 3.63) is 52.5 Å². The highest BCUT2D eigenvalue weighted by Crippen LogP contribution is 2.12. The van der Waals surface area contributed by atoms with Crippen LogP contribution in [0.2, 0.25) is 0 Å². The Morgan fingerprint density at radius 3 is 2.56 bits per heavy atom. The third-order valence-electron chi connectivity index (χ3n) is 3.06. The first kappa shape index (κ1) is 18.9. The van der Waals surface area contributed by atoms with Crippen molar-refractivity contribution in [2.24, 2.45) is 0 Å². The second kappa shape index (κ2) is 8.62. The normalized spacial score (nSPS) is 12.3. The van der Waals surface area contributed by atoms with Crippen LogP contribution >= 0.6 is 11.3 Å². The molecule has 1 amide bonds. The fourth-order valence-electron chi connectivity index (χ4n) is 2.00. The zero-order chi connectivity index (χ0) is 18.3. The Hall–Kier alpha value is -2.41. The lowest BCUT2D eigenvalue weighted by Gasteiger charge is -2.22. The summed E-state index contributed by atoms with van der Waals surface area (Å²) in [6.07, 6.45) is 1.25. The van der Waals surface area contributed by atoms with Crippen molar-refractivity contribution in [3.63, 3.8) is 0 Å². The van der Waals surface area contributed by atoms with Crippen LogP contribution in [0.25, 0.3) is 0 Å². The van der Waals surface area contributed by atoms with Crippen molar-refractivity contribution < 1.29 is 19.1 Å². The fourth-order valence-corrected chi connectivity index (χ4v) is 2.66. The van der Waals surface area contributed by atoms with E-state index < -0.39 is 23.7 Å². The SMILES string of the molecule is CC(C)(C)OC(=O)N[C@@H](Cc1nccs1)C(=O)OCc1ccccc1. The van der Waals surface area contributed by atoms with Crippen LogP contribution in [-0.4, -0.2) is 28.7 Å². The van der Waals surface area contributed by atoms with Crippen molar-refractivity contribution in [3.8, 4) is 0 Å². The van der Waals surface area contributed by atoms with Crippen LogP contribution < -0.4 is 5.32 Å². The highest BCUT2D eigenvalue weighted by molar-refractivity contribution is 7.09. The van der Waals surface area contributed by atoms with Crippen molar-refractivity contribution in [1.29, 1.82) is 0 Å². The van der Waals surface area contributed by atoms with E-state index in [1.807, 2.05) is 35.7 Å². The Bertz CT molecular complexity index is 681. The van der Waals surface area contributed by atoms with Gasteiger partial charge in [-0.05, 0) is 26.3 Å². The number of benzene rings is 1. The number of carbonyl (C=O) groups excluding carboxylic acids is 2. The van der Waals surface area contributed by atoms with Crippen molar-refractivity contribution in [2.45, 2.75) is 45.4 Å². The molecule has 0 saturated carbocycles. The first-order chi connectivity index (χ1) is 11.8. The van der Waals surface area contributed by atoms with Crippen LogP contribution in [0.5, 0.6) is 0 Å². The van der Waals surface area contributed by atoms with Gasteiger partial charge >= 0.3 is 12.1 Å². The molecule has 134 valence electrons. The molecule has 0 saturated heterocycles. The first-order valence-electron chi connectivity index (χ1n) is 7.92. The smallest absolute Gasteiger partial charge is 0.408 e. The van der Waals surface area contributed by atoms with Gasteiger partial charge in [0.25, 0.3) is 0 Å². The Morgan fingerprint density at radius 1 is 1.24 bits per heavy atom. The lowest BCUT2D eigenvalue weighted by Crippen LogP contribution is -2.45. The van der Waals surface area contributed by atoms with E-state index in [0.717, 1.165) is 10.6 Å².